The Balaban J connectivity index is 1.94. The molecule has 0 fully saturated rings. The SMILES string of the molecule is CCN(CC)S(=O)(=O)c1ccc(C(=O)N(CCN(C)C)c2nc3ccc(Br)cc3s2)cc1. The molecule has 0 aliphatic rings. The Kier molecular flexibility index (Phi) is 8.05. The number of nitrogens with zero attached hydrogens (tertiary/aromatic N) is 4. The number of hydrogen-bond acceptors (Lipinski definition) is 6. The Morgan fingerprint density at radius 3 is 2.28 bits per heavy atom. The van der Waals surface area contributed by atoms with Crippen LogP contribution in [0.15, 0.2) is 51.8 Å². The molecule has 3 aromatic rings. The quantitative estimate of drug-likeness (QED) is 0.406. The standard InChI is InChI=1S/C22H27BrN4O3S2/c1-5-26(6-2)32(29,30)18-10-7-16(8-11-18)21(28)27(14-13-25(3)4)22-24-19-12-9-17(23)15-20(19)31-22/h7-12,15H,5-6,13-14H2,1-4H3. The zero-order valence-corrected chi connectivity index (χ0v) is 21.8. The maximum absolute atomic E-state index is 13.4. The van der Waals surface area contributed by atoms with Crippen molar-refractivity contribution in [1.82, 2.24) is 14.2 Å². The lowest BCUT2D eigenvalue weighted by Crippen LogP contribution is -2.36. The molecule has 0 aliphatic carbocycles. The number of rotatable bonds is 9. The van der Waals surface area contributed by atoms with Crippen LogP contribution in [0, 0.1) is 0 Å². The highest BCUT2D eigenvalue weighted by atomic mass is 79.9. The van der Waals surface area contributed by atoms with E-state index in [9.17, 15) is 13.2 Å². The summed E-state index contributed by atoms with van der Waals surface area (Å²) in [4.78, 5) is 21.9. The number of thiazole rings is 1. The predicted octanol–water partition coefficient (Wildman–Crippen LogP) is 4.30. The van der Waals surface area contributed by atoms with E-state index in [4.69, 9.17) is 0 Å². The van der Waals surface area contributed by atoms with Gasteiger partial charge in [0.2, 0.25) is 10.0 Å². The lowest BCUT2D eigenvalue weighted by molar-refractivity contribution is 0.0985. The van der Waals surface area contributed by atoms with Crippen molar-refractivity contribution < 1.29 is 13.2 Å². The zero-order valence-electron chi connectivity index (χ0n) is 18.6. The number of amides is 1. The van der Waals surface area contributed by atoms with Gasteiger partial charge in [-0.15, -0.1) is 0 Å². The molecule has 0 aliphatic heterocycles. The maximum atomic E-state index is 13.4. The zero-order chi connectivity index (χ0) is 23.5. The number of carbonyl (C=O) groups excluding carboxylic acids is 1. The maximum Gasteiger partial charge on any atom is 0.260 e. The molecule has 1 heterocycles. The third kappa shape index (κ3) is 5.37. The van der Waals surface area contributed by atoms with Gasteiger partial charge < -0.3 is 4.90 Å². The summed E-state index contributed by atoms with van der Waals surface area (Å²) in [5, 5.41) is 0.616. The van der Waals surface area contributed by atoms with Crippen LogP contribution in [0.4, 0.5) is 5.13 Å². The lowest BCUT2D eigenvalue weighted by atomic mass is 10.2. The summed E-state index contributed by atoms with van der Waals surface area (Å²) in [6, 6.07) is 12.0. The van der Waals surface area contributed by atoms with Gasteiger partial charge in [-0.2, -0.15) is 4.31 Å². The fourth-order valence-corrected chi connectivity index (χ4v) is 6.22. The second-order valence-electron chi connectivity index (χ2n) is 7.48. The van der Waals surface area contributed by atoms with Gasteiger partial charge in [0.1, 0.15) is 0 Å². The third-order valence-electron chi connectivity index (χ3n) is 5.03. The smallest absolute Gasteiger partial charge is 0.260 e. The minimum atomic E-state index is -3.57. The van der Waals surface area contributed by atoms with E-state index in [-0.39, 0.29) is 10.8 Å². The van der Waals surface area contributed by atoms with Crippen LogP contribution in [-0.2, 0) is 10.0 Å². The number of benzene rings is 2. The van der Waals surface area contributed by atoms with Gasteiger partial charge in [-0.05, 0) is 56.6 Å². The molecule has 0 atom stereocenters. The monoisotopic (exact) mass is 538 g/mol. The van der Waals surface area contributed by atoms with Crippen LogP contribution in [0.5, 0.6) is 0 Å². The molecular formula is C22H27BrN4O3S2. The van der Waals surface area contributed by atoms with Gasteiger partial charge in [-0.3, -0.25) is 9.69 Å². The summed E-state index contributed by atoms with van der Waals surface area (Å²) in [5.41, 5.74) is 1.25. The average Bonchev–Trinajstić information content (AvgIpc) is 3.17. The molecular weight excluding hydrogens is 512 g/mol. The lowest BCUT2D eigenvalue weighted by Gasteiger charge is -2.22. The summed E-state index contributed by atoms with van der Waals surface area (Å²) in [7, 11) is 0.327. The summed E-state index contributed by atoms with van der Waals surface area (Å²) >= 11 is 4.93. The van der Waals surface area contributed by atoms with E-state index in [0.29, 0.717) is 36.9 Å². The first-order valence-electron chi connectivity index (χ1n) is 10.3. The van der Waals surface area contributed by atoms with Crippen molar-refractivity contribution in [3.05, 3.63) is 52.5 Å². The first kappa shape index (κ1) is 24.8. The van der Waals surface area contributed by atoms with Crippen LogP contribution >= 0.6 is 27.3 Å². The van der Waals surface area contributed by atoms with E-state index in [1.807, 2.05) is 37.2 Å². The number of aromatic nitrogens is 1. The molecule has 0 N–H and O–H groups in total. The Hall–Kier alpha value is -1.85. The molecule has 0 spiro atoms. The van der Waals surface area contributed by atoms with E-state index < -0.39 is 10.0 Å². The van der Waals surface area contributed by atoms with Crippen molar-refractivity contribution in [2.45, 2.75) is 18.7 Å². The van der Waals surface area contributed by atoms with Crippen molar-refractivity contribution >= 4 is 58.5 Å². The molecule has 1 aromatic heterocycles. The summed E-state index contributed by atoms with van der Waals surface area (Å²) in [6.07, 6.45) is 0. The Labute approximate surface area is 201 Å². The van der Waals surface area contributed by atoms with Crippen LogP contribution in [0.3, 0.4) is 0 Å². The second kappa shape index (κ2) is 10.4. The van der Waals surface area contributed by atoms with Gasteiger partial charge in [0.05, 0.1) is 15.1 Å². The van der Waals surface area contributed by atoms with Crippen LogP contribution in [0.1, 0.15) is 24.2 Å². The number of carbonyl (C=O) groups is 1. The number of anilines is 1. The van der Waals surface area contributed by atoms with E-state index >= 15 is 0 Å². The number of sulfonamides is 1. The molecule has 172 valence electrons. The highest BCUT2D eigenvalue weighted by Gasteiger charge is 2.24. The van der Waals surface area contributed by atoms with E-state index in [1.54, 1.807) is 30.9 Å². The van der Waals surface area contributed by atoms with Gasteiger partial charge in [-0.25, -0.2) is 13.4 Å². The van der Waals surface area contributed by atoms with Gasteiger partial charge in [0, 0.05) is 36.2 Å². The van der Waals surface area contributed by atoms with Gasteiger partial charge in [0.25, 0.3) is 5.91 Å². The van der Waals surface area contributed by atoms with Crippen molar-refractivity contribution in [2.24, 2.45) is 0 Å². The average molecular weight is 540 g/mol. The van der Waals surface area contributed by atoms with Gasteiger partial charge in [0.15, 0.2) is 5.13 Å². The predicted molar refractivity (Wildman–Crippen MR) is 134 cm³/mol. The van der Waals surface area contributed by atoms with E-state index in [2.05, 4.69) is 20.9 Å². The van der Waals surface area contributed by atoms with E-state index in [1.165, 1.54) is 27.8 Å². The largest absolute Gasteiger partial charge is 0.308 e. The minimum absolute atomic E-state index is 0.183. The second-order valence-corrected chi connectivity index (χ2v) is 11.3. The number of hydrogen-bond donors (Lipinski definition) is 0. The summed E-state index contributed by atoms with van der Waals surface area (Å²) < 4.78 is 28.8. The first-order valence-corrected chi connectivity index (χ1v) is 13.3. The molecule has 0 saturated carbocycles. The van der Waals surface area contributed by atoms with Crippen LogP contribution in [-0.4, -0.2) is 68.8 Å². The van der Waals surface area contributed by atoms with Crippen LogP contribution in [0.25, 0.3) is 10.2 Å². The molecule has 2 aromatic carbocycles. The Bertz CT molecular complexity index is 1190. The van der Waals surface area contributed by atoms with Crippen molar-refractivity contribution in [2.75, 3.05) is 45.2 Å². The molecule has 3 rings (SSSR count). The van der Waals surface area contributed by atoms with Gasteiger partial charge >= 0.3 is 0 Å². The number of fused-ring (bicyclic) bond motifs is 1. The van der Waals surface area contributed by atoms with Crippen LogP contribution in [0.2, 0.25) is 0 Å². The molecule has 1 amide bonds. The molecule has 7 nitrogen and oxygen atoms in total. The topological polar surface area (TPSA) is 73.8 Å². The Morgan fingerprint density at radius 2 is 1.69 bits per heavy atom. The molecule has 0 bridgehead atoms. The summed E-state index contributed by atoms with van der Waals surface area (Å²) in [6.45, 7) is 5.53. The molecule has 0 unspecified atom stereocenters. The summed E-state index contributed by atoms with van der Waals surface area (Å²) in [5.74, 6) is -0.211. The first-order chi connectivity index (χ1) is 15.2. The third-order valence-corrected chi connectivity index (χ3v) is 8.63. The van der Waals surface area contributed by atoms with Crippen molar-refractivity contribution in [3.63, 3.8) is 0 Å². The van der Waals surface area contributed by atoms with E-state index in [0.717, 1.165) is 14.7 Å². The molecule has 0 saturated heterocycles. The Morgan fingerprint density at radius 1 is 1.03 bits per heavy atom. The number of likely N-dealkylation sites (N-methyl/N-ethyl adjacent to an activating group) is 1. The highest BCUT2D eigenvalue weighted by molar-refractivity contribution is 9.10. The van der Waals surface area contributed by atoms with Crippen molar-refractivity contribution in [1.29, 1.82) is 0 Å². The van der Waals surface area contributed by atoms with Crippen molar-refractivity contribution in [3.8, 4) is 0 Å². The normalized spacial score (nSPS) is 12.1. The fourth-order valence-electron chi connectivity index (χ4n) is 3.22. The van der Waals surface area contributed by atoms with Gasteiger partial charge in [-0.1, -0.05) is 41.1 Å². The molecule has 0 radical (unpaired) electrons. The van der Waals surface area contributed by atoms with Crippen LogP contribution < -0.4 is 4.90 Å². The molecule has 32 heavy (non-hydrogen) atoms. The fraction of sp³-hybridized carbons (Fsp3) is 0.364. The molecule has 10 heteroatoms. The number of halogens is 1. The highest BCUT2D eigenvalue weighted by Crippen LogP contribution is 2.31. The minimum Gasteiger partial charge on any atom is -0.308 e.